The molecule has 0 radical (unpaired) electrons. The quantitative estimate of drug-likeness (QED) is 0.591. The first-order chi connectivity index (χ1) is 6.74. The van der Waals surface area contributed by atoms with Crippen molar-refractivity contribution in [3.63, 3.8) is 0 Å². The van der Waals surface area contributed by atoms with Crippen LogP contribution in [0.3, 0.4) is 0 Å². The number of esters is 1. The fraction of sp³-hybridized carbons (Fsp3) is 0.778. The molecule has 80 valence electrons. The van der Waals surface area contributed by atoms with E-state index in [1.54, 1.807) is 11.8 Å². The molecule has 0 aromatic heterocycles. The highest BCUT2D eigenvalue weighted by Gasteiger charge is 2.18. The molecule has 0 unspecified atom stereocenters. The maximum Gasteiger partial charge on any atom is 0.307 e. The number of rotatable bonds is 4. The minimum Gasteiger partial charge on any atom is -0.466 e. The van der Waals surface area contributed by atoms with Gasteiger partial charge >= 0.3 is 5.97 Å². The minimum atomic E-state index is -0.258. The van der Waals surface area contributed by atoms with Crippen molar-refractivity contribution in [3.05, 3.63) is 0 Å². The van der Waals surface area contributed by atoms with Crippen molar-refractivity contribution >= 4 is 11.9 Å². The van der Waals surface area contributed by atoms with Gasteiger partial charge in [-0.2, -0.15) is 0 Å². The van der Waals surface area contributed by atoms with Crippen molar-refractivity contribution in [1.29, 1.82) is 0 Å². The van der Waals surface area contributed by atoms with Crippen LogP contribution in [0.25, 0.3) is 0 Å². The number of hydrogen-bond acceptors (Lipinski definition) is 4. The standard InChI is InChI=1S/C9H15NO4/c1-2-14-9(12)3-4-10-5-6-13-7-8(10)11/h2-7H2,1H3. The highest BCUT2D eigenvalue weighted by atomic mass is 16.5. The number of ether oxygens (including phenoxy) is 2. The molecule has 0 aromatic carbocycles. The molecule has 1 amide bonds. The van der Waals surface area contributed by atoms with Crippen LogP contribution in [0.2, 0.25) is 0 Å². The van der Waals surface area contributed by atoms with Crippen LogP contribution in [0.5, 0.6) is 0 Å². The van der Waals surface area contributed by atoms with Gasteiger partial charge in [0.15, 0.2) is 0 Å². The number of amides is 1. The zero-order chi connectivity index (χ0) is 10.4. The summed E-state index contributed by atoms with van der Waals surface area (Å²) in [4.78, 5) is 23.8. The highest BCUT2D eigenvalue weighted by molar-refractivity contribution is 5.78. The first-order valence-electron chi connectivity index (χ1n) is 4.75. The summed E-state index contributed by atoms with van der Waals surface area (Å²) in [5, 5.41) is 0. The summed E-state index contributed by atoms with van der Waals surface area (Å²) in [5.74, 6) is -0.313. The minimum absolute atomic E-state index is 0.0550. The van der Waals surface area contributed by atoms with Crippen molar-refractivity contribution in [2.24, 2.45) is 0 Å². The van der Waals surface area contributed by atoms with Gasteiger partial charge in [-0.05, 0) is 6.92 Å². The van der Waals surface area contributed by atoms with E-state index in [0.717, 1.165) is 0 Å². The van der Waals surface area contributed by atoms with Gasteiger partial charge in [-0.25, -0.2) is 0 Å². The van der Waals surface area contributed by atoms with E-state index in [1.165, 1.54) is 0 Å². The summed E-state index contributed by atoms with van der Waals surface area (Å²) in [6, 6.07) is 0. The van der Waals surface area contributed by atoms with Gasteiger partial charge in [-0.1, -0.05) is 0 Å². The van der Waals surface area contributed by atoms with Crippen molar-refractivity contribution in [1.82, 2.24) is 4.90 Å². The van der Waals surface area contributed by atoms with Gasteiger partial charge in [-0.3, -0.25) is 9.59 Å². The molecular formula is C9H15NO4. The van der Waals surface area contributed by atoms with Crippen molar-refractivity contribution in [2.75, 3.05) is 32.9 Å². The van der Waals surface area contributed by atoms with Gasteiger partial charge in [0.1, 0.15) is 6.61 Å². The molecule has 5 nitrogen and oxygen atoms in total. The molecule has 0 saturated carbocycles. The van der Waals surface area contributed by atoms with Crippen molar-refractivity contribution in [3.8, 4) is 0 Å². The molecule has 1 heterocycles. The van der Waals surface area contributed by atoms with Gasteiger partial charge in [-0.15, -0.1) is 0 Å². The molecule has 1 rings (SSSR count). The summed E-state index contributed by atoms with van der Waals surface area (Å²) in [6.45, 7) is 3.82. The van der Waals surface area contributed by atoms with Crippen LogP contribution in [0, 0.1) is 0 Å². The second-order valence-corrected chi connectivity index (χ2v) is 2.99. The number of nitrogens with zero attached hydrogens (tertiary/aromatic N) is 1. The Hall–Kier alpha value is -1.10. The molecular weight excluding hydrogens is 186 g/mol. The third-order valence-electron chi connectivity index (χ3n) is 1.97. The second kappa shape index (κ2) is 5.59. The molecule has 1 aliphatic rings. The lowest BCUT2D eigenvalue weighted by Gasteiger charge is -2.26. The number of carbonyl (C=O) groups is 2. The molecule has 0 N–H and O–H groups in total. The molecule has 0 atom stereocenters. The molecule has 0 bridgehead atoms. The maximum absolute atomic E-state index is 11.2. The Morgan fingerprint density at radius 1 is 1.64 bits per heavy atom. The summed E-state index contributed by atoms with van der Waals surface area (Å²) in [6.07, 6.45) is 0.263. The van der Waals surface area contributed by atoms with Crippen LogP contribution in [0.15, 0.2) is 0 Å². The molecule has 0 aliphatic carbocycles. The van der Waals surface area contributed by atoms with Crippen molar-refractivity contribution in [2.45, 2.75) is 13.3 Å². The molecule has 14 heavy (non-hydrogen) atoms. The van der Waals surface area contributed by atoms with Crippen LogP contribution in [0.1, 0.15) is 13.3 Å². The average Bonchev–Trinajstić information content (AvgIpc) is 2.17. The van der Waals surface area contributed by atoms with Crippen LogP contribution < -0.4 is 0 Å². The van der Waals surface area contributed by atoms with E-state index in [4.69, 9.17) is 9.47 Å². The van der Waals surface area contributed by atoms with Gasteiger partial charge in [0.2, 0.25) is 5.91 Å². The lowest BCUT2D eigenvalue weighted by Crippen LogP contribution is -2.42. The molecule has 1 aliphatic heterocycles. The first-order valence-corrected chi connectivity index (χ1v) is 4.75. The normalized spacial score (nSPS) is 16.9. The molecule has 0 spiro atoms. The molecule has 1 saturated heterocycles. The Morgan fingerprint density at radius 3 is 3.07 bits per heavy atom. The topological polar surface area (TPSA) is 55.8 Å². The molecule has 1 fully saturated rings. The van der Waals surface area contributed by atoms with Crippen LogP contribution in [-0.4, -0.2) is 49.7 Å². The average molecular weight is 201 g/mol. The third-order valence-corrected chi connectivity index (χ3v) is 1.97. The lowest BCUT2D eigenvalue weighted by atomic mass is 10.3. The maximum atomic E-state index is 11.2. The Labute approximate surface area is 83.0 Å². The fourth-order valence-electron chi connectivity index (χ4n) is 1.25. The van der Waals surface area contributed by atoms with Crippen molar-refractivity contribution < 1.29 is 19.1 Å². The monoisotopic (exact) mass is 201 g/mol. The summed E-state index contributed by atoms with van der Waals surface area (Å²) in [5.41, 5.74) is 0. The van der Waals surface area contributed by atoms with E-state index >= 15 is 0 Å². The number of morpholine rings is 1. The van der Waals surface area contributed by atoms with E-state index in [2.05, 4.69) is 0 Å². The van der Waals surface area contributed by atoms with E-state index in [-0.39, 0.29) is 24.9 Å². The highest BCUT2D eigenvalue weighted by Crippen LogP contribution is 2.00. The fourth-order valence-corrected chi connectivity index (χ4v) is 1.25. The van der Waals surface area contributed by atoms with E-state index in [0.29, 0.717) is 26.3 Å². The molecule has 5 heteroatoms. The Bertz CT molecular complexity index is 217. The summed E-state index contributed by atoms with van der Waals surface area (Å²) >= 11 is 0. The smallest absolute Gasteiger partial charge is 0.307 e. The predicted octanol–water partition coefficient (Wildman–Crippen LogP) is -0.202. The summed E-state index contributed by atoms with van der Waals surface area (Å²) < 4.78 is 9.72. The van der Waals surface area contributed by atoms with Gasteiger partial charge in [0, 0.05) is 13.1 Å². The molecule has 0 aromatic rings. The Kier molecular flexibility index (Phi) is 4.39. The van der Waals surface area contributed by atoms with Gasteiger partial charge < -0.3 is 14.4 Å². The predicted molar refractivity (Wildman–Crippen MR) is 48.6 cm³/mol. The van der Waals surface area contributed by atoms with Crippen LogP contribution in [0.4, 0.5) is 0 Å². The second-order valence-electron chi connectivity index (χ2n) is 2.99. The largest absolute Gasteiger partial charge is 0.466 e. The van der Waals surface area contributed by atoms with Crippen LogP contribution >= 0.6 is 0 Å². The van der Waals surface area contributed by atoms with E-state index in [1.807, 2.05) is 0 Å². The zero-order valence-corrected chi connectivity index (χ0v) is 8.32. The lowest BCUT2D eigenvalue weighted by molar-refractivity contribution is -0.147. The van der Waals surface area contributed by atoms with E-state index in [9.17, 15) is 9.59 Å². The first kappa shape index (κ1) is 11.0. The number of carbonyl (C=O) groups excluding carboxylic acids is 2. The summed E-state index contributed by atoms with van der Waals surface area (Å²) in [7, 11) is 0. The van der Waals surface area contributed by atoms with Gasteiger partial charge in [0.25, 0.3) is 0 Å². The SMILES string of the molecule is CCOC(=O)CCN1CCOCC1=O. The number of hydrogen-bond donors (Lipinski definition) is 0. The Balaban J connectivity index is 2.22. The van der Waals surface area contributed by atoms with Crippen LogP contribution in [-0.2, 0) is 19.1 Å². The third kappa shape index (κ3) is 3.33. The zero-order valence-electron chi connectivity index (χ0n) is 8.32. The van der Waals surface area contributed by atoms with E-state index < -0.39 is 0 Å². The Morgan fingerprint density at radius 2 is 2.43 bits per heavy atom. The van der Waals surface area contributed by atoms with Gasteiger partial charge in [0.05, 0.1) is 19.6 Å².